The minimum Gasteiger partial charge on any atom is -0.392 e. The van der Waals surface area contributed by atoms with Gasteiger partial charge in [-0.05, 0) is 50.1 Å². The van der Waals surface area contributed by atoms with Crippen LogP contribution in [-0.4, -0.2) is 19.0 Å². The number of hydrogen-bond donors (Lipinski definition) is 2. The fourth-order valence-corrected chi connectivity index (χ4v) is 2.80. The van der Waals surface area contributed by atoms with E-state index in [1.54, 1.807) is 32.9 Å². The highest BCUT2D eigenvalue weighted by molar-refractivity contribution is 7.84. The zero-order valence-electron chi connectivity index (χ0n) is 13.7. The van der Waals surface area contributed by atoms with E-state index in [0.29, 0.717) is 16.8 Å². The van der Waals surface area contributed by atoms with Gasteiger partial charge in [-0.25, -0.2) is 17.7 Å². The van der Waals surface area contributed by atoms with Crippen LogP contribution in [0.25, 0.3) is 0 Å². The molecule has 1 aromatic heterocycles. The van der Waals surface area contributed by atoms with Crippen molar-refractivity contribution in [3.05, 3.63) is 65.0 Å². The summed E-state index contributed by atoms with van der Waals surface area (Å²) < 4.78 is 41.7. The Labute approximate surface area is 142 Å². The standard InChI is InChI=1S/C17H20F2N2O2S/c1-17(2,3)24(23)21-16(12-5-6-13(18)14(19)8-12)15-7-4-11(10-22)9-20-15/h4-9,16,21-22H,10H2,1-3H3/t16-,24+/m0/s1. The van der Waals surface area contributed by atoms with Gasteiger partial charge in [0, 0.05) is 6.20 Å². The molecule has 0 unspecified atom stereocenters. The van der Waals surface area contributed by atoms with Crippen LogP contribution in [0.3, 0.4) is 0 Å². The van der Waals surface area contributed by atoms with E-state index >= 15 is 0 Å². The third kappa shape index (κ3) is 4.43. The number of rotatable bonds is 5. The van der Waals surface area contributed by atoms with Crippen LogP contribution in [0.2, 0.25) is 0 Å². The normalized spacial score (nSPS) is 14.4. The Hall–Kier alpha value is -1.70. The molecule has 1 aromatic carbocycles. The van der Waals surface area contributed by atoms with Gasteiger partial charge in [0.2, 0.25) is 0 Å². The summed E-state index contributed by atoms with van der Waals surface area (Å²) in [6, 6.07) is 6.18. The number of halogens is 2. The largest absolute Gasteiger partial charge is 0.392 e. The molecule has 0 aliphatic heterocycles. The first kappa shape index (κ1) is 18.6. The van der Waals surface area contributed by atoms with Crippen molar-refractivity contribution in [3.63, 3.8) is 0 Å². The molecule has 2 rings (SSSR count). The van der Waals surface area contributed by atoms with Crippen molar-refractivity contribution in [3.8, 4) is 0 Å². The summed E-state index contributed by atoms with van der Waals surface area (Å²) in [7, 11) is -1.44. The third-order valence-corrected chi connectivity index (χ3v) is 4.95. The minimum absolute atomic E-state index is 0.148. The summed E-state index contributed by atoms with van der Waals surface area (Å²) in [6.07, 6.45) is 1.49. The zero-order valence-corrected chi connectivity index (χ0v) is 14.5. The van der Waals surface area contributed by atoms with Crippen molar-refractivity contribution in [1.29, 1.82) is 0 Å². The van der Waals surface area contributed by atoms with Crippen LogP contribution in [0.4, 0.5) is 8.78 Å². The van der Waals surface area contributed by atoms with E-state index in [2.05, 4.69) is 9.71 Å². The summed E-state index contributed by atoms with van der Waals surface area (Å²) in [5.74, 6) is -1.93. The van der Waals surface area contributed by atoms with E-state index in [0.717, 1.165) is 12.1 Å². The Morgan fingerprint density at radius 1 is 1.21 bits per heavy atom. The summed E-state index contributed by atoms with van der Waals surface area (Å²) in [4.78, 5) is 4.24. The lowest BCUT2D eigenvalue weighted by Gasteiger charge is -2.24. The smallest absolute Gasteiger partial charge is 0.159 e. The number of pyridine rings is 1. The second-order valence-electron chi connectivity index (χ2n) is 6.35. The Morgan fingerprint density at radius 3 is 2.42 bits per heavy atom. The van der Waals surface area contributed by atoms with Gasteiger partial charge in [-0.3, -0.25) is 4.98 Å². The molecule has 0 saturated heterocycles. The molecule has 0 aliphatic rings. The maximum Gasteiger partial charge on any atom is 0.159 e. The first-order chi connectivity index (χ1) is 11.2. The quantitative estimate of drug-likeness (QED) is 0.868. The van der Waals surface area contributed by atoms with Gasteiger partial charge in [-0.1, -0.05) is 12.1 Å². The number of aliphatic hydroxyl groups excluding tert-OH is 1. The molecule has 1 heterocycles. The molecule has 24 heavy (non-hydrogen) atoms. The van der Waals surface area contributed by atoms with E-state index in [4.69, 9.17) is 5.11 Å². The zero-order chi connectivity index (χ0) is 17.9. The molecule has 0 fully saturated rings. The van der Waals surface area contributed by atoms with Gasteiger partial charge in [0.25, 0.3) is 0 Å². The fraction of sp³-hybridized carbons (Fsp3) is 0.353. The highest BCUT2D eigenvalue weighted by atomic mass is 32.2. The van der Waals surface area contributed by atoms with Crippen LogP contribution in [0.15, 0.2) is 36.5 Å². The van der Waals surface area contributed by atoms with Crippen LogP contribution < -0.4 is 4.72 Å². The van der Waals surface area contributed by atoms with E-state index in [1.807, 2.05) is 0 Å². The van der Waals surface area contributed by atoms with Crippen LogP contribution in [-0.2, 0) is 17.6 Å². The van der Waals surface area contributed by atoms with Gasteiger partial charge in [0.15, 0.2) is 11.6 Å². The van der Waals surface area contributed by atoms with Gasteiger partial charge >= 0.3 is 0 Å². The van der Waals surface area contributed by atoms with Crippen molar-refractivity contribution in [2.24, 2.45) is 0 Å². The lowest BCUT2D eigenvalue weighted by atomic mass is 10.0. The van der Waals surface area contributed by atoms with Gasteiger partial charge in [0.05, 0.1) is 34.1 Å². The van der Waals surface area contributed by atoms with E-state index < -0.39 is 33.4 Å². The van der Waals surface area contributed by atoms with E-state index in [9.17, 15) is 13.0 Å². The lowest BCUT2D eigenvalue weighted by Crippen LogP contribution is -2.36. The molecule has 0 saturated carbocycles. The first-order valence-corrected chi connectivity index (χ1v) is 8.56. The number of hydrogen-bond acceptors (Lipinski definition) is 3. The highest BCUT2D eigenvalue weighted by Crippen LogP contribution is 2.25. The summed E-state index contributed by atoms with van der Waals surface area (Å²) in [5, 5.41) is 9.11. The number of nitrogens with zero attached hydrogens (tertiary/aromatic N) is 1. The topological polar surface area (TPSA) is 62.2 Å². The Bertz CT molecular complexity index is 730. The fourth-order valence-electron chi connectivity index (χ4n) is 1.98. The van der Waals surface area contributed by atoms with Gasteiger partial charge in [0.1, 0.15) is 0 Å². The lowest BCUT2D eigenvalue weighted by molar-refractivity contribution is 0.281. The number of nitrogens with one attached hydrogen (secondary N) is 1. The van der Waals surface area contributed by atoms with Crippen molar-refractivity contribution in [2.75, 3.05) is 0 Å². The maximum absolute atomic E-state index is 13.6. The molecule has 0 radical (unpaired) electrons. The average molecular weight is 354 g/mol. The van der Waals surface area contributed by atoms with Crippen molar-refractivity contribution in [1.82, 2.24) is 9.71 Å². The predicted octanol–water partition coefficient (Wildman–Crippen LogP) is 2.99. The maximum atomic E-state index is 13.6. The van der Waals surface area contributed by atoms with Crippen molar-refractivity contribution >= 4 is 11.0 Å². The second kappa shape index (κ2) is 7.46. The molecular formula is C17H20F2N2O2S. The summed E-state index contributed by atoms with van der Waals surface area (Å²) >= 11 is 0. The molecule has 0 spiro atoms. The molecule has 2 N–H and O–H groups in total. The molecule has 130 valence electrons. The molecule has 0 amide bonds. The monoisotopic (exact) mass is 354 g/mol. The minimum atomic E-state index is -1.44. The van der Waals surface area contributed by atoms with E-state index in [1.165, 1.54) is 12.3 Å². The van der Waals surface area contributed by atoms with Gasteiger partial charge < -0.3 is 5.11 Å². The molecule has 2 aromatic rings. The van der Waals surface area contributed by atoms with Crippen LogP contribution in [0.5, 0.6) is 0 Å². The van der Waals surface area contributed by atoms with Crippen molar-refractivity contribution in [2.45, 2.75) is 38.2 Å². The Morgan fingerprint density at radius 2 is 1.92 bits per heavy atom. The van der Waals surface area contributed by atoms with Crippen LogP contribution >= 0.6 is 0 Å². The Kier molecular flexibility index (Phi) is 5.79. The summed E-state index contributed by atoms with van der Waals surface area (Å²) in [6.45, 7) is 5.27. The molecule has 4 nitrogen and oxygen atoms in total. The number of benzene rings is 1. The molecule has 2 atom stereocenters. The SMILES string of the molecule is CC(C)(C)[S@@](=O)N[C@@H](c1ccc(F)c(F)c1)c1ccc(CO)cn1. The van der Waals surface area contributed by atoms with Crippen LogP contribution in [0.1, 0.15) is 43.6 Å². The van der Waals surface area contributed by atoms with E-state index in [-0.39, 0.29) is 6.61 Å². The summed E-state index contributed by atoms with van der Waals surface area (Å²) in [5.41, 5.74) is 1.53. The van der Waals surface area contributed by atoms with Gasteiger partial charge in [-0.15, -0.1) is 0 Å². The molecule has 7 heteroatoms. The molecular weight excluding hydrogens is 334 g/mol. The second-order valence-corrected chi connectivity index (χ2v) is 8.35. The Balaban J connectivity index is 2.43. The highest BCUT2D eigenvalue weighted by Gasteiger charge is 2.26. The molecule has 0 aliphatic carbocycles. The third-order valence-electron chi connectivity index (χ3n) is 3.38. The van der Waals surface area contributed by atoms with Crippen LogP contribution in [0, 0.1) is 11.6 Å². The first-order valence-electron chi connectivity index (χ1n) is 7.41. The number of aliphatic hydroxyl groups is 1. The predicted molar refractivity (Wildman–Crippen MR) is 89.4 cm³/mol. The van der Waals surface area contributed by atoms with Gasteiger partial charge in [-0.2, -0.15) is 0 Å². The van der Waals surface area contributed by atoms with Crippen molar-refractivity contribution < 1.29 is 18.1 Å². The number of aromatic nitrogens is 1. The average Bonchev–Trinajstić information content (AvgIpc) is 2.54. The molecule has 0 bridgehead atoms.